The molecule has 0 aliphatic carbocycles. The summed E-state index contributed by atoms with van der Waals surface area (Å²) in [5.74, 6) is 1.04. The van der Waals surface area contributed by atoms with Gasteiger partial charge in [0.15, 0.2) is 6.61 Å². The van der Waals surface area contributed by atoms with Crippen LogP contribution in [0.15, 0.2) is 36.7 Å². The zero-order chi connectivity index (χ0) is 16.8. The molecule has 7 heteroatoms. The summed E-state index contributed by atoms with van der Waals surface area (Å²) in [5.41, 5.74) is 0.667. The van der Waals surface area contributed by atoms with Crippen LogP contribution in [-0.4, -0.2) is 42.6 Å². The van der Waals surface area contributed by atoms with Crippen LogP contribution in [0.2, 0.25) is 0 Å². The third-order valence-electron chi connectivity index (χ3n) is 3.86. The van der Waals surface area contributed by atoms with Crippen LogP contribution in [0.3, 0.4) is 0 Å². The first kappa shape index (κ1) is 16.3. The Morgan fingerprint density at radius 3 is 2.96 bits per heavy atom. The summed E-state index contributed by atoms with van der Waals surface area (Å²) in [6.45, 7) is 1.43. The fourth-order valence-electron chi connectivity index (χ4n) is 2.59. The molecule has 1 aliphatic rings. The van der Waals surface area contributed by atoms with Crippen molar-refractivity contribution in [2.24, 2.45) is 0 Å². The van der Waals surface area contributed by atoms with Gasteiger partial charge in [-0.3, -0.25) is 9.48 Å². The molecule has 1 saturated heterocycles. The predicted molar refractivity (Wildman–Crippen MR) is 88.4 cm³/mol. The van der Waals surface area contributed by atoms with Gasteiger partial charge in [-0.25, -0.2) is 0 Å². The Morgan fingerprint density at radius 2 is 2.17 bits per heavy atom. The number of benzene rings is 1. The molecule has 0 atom stereocenters. The molecule has 1 amide bonds. The van der Waals surface area contributed by atoms with Crippen LogP contribution in [0.5, 0.6) is 11.5 Å². The van der Waals surface area contributed by atoms with Crippen LogP contribution < -0.4 is 14.8 Å². The third-order valence-corrected chi connectivity index (χ3v) is 3.86. The minimum Gasteiger partial charge on any atom is -0.497 e. The molecule has 128 valence electrons. The van der Waals surface area contributed by atoms with E-state index in [4.69, 9.17) is 14.2 Å². The average molecular weight is 331 g/mol. The van der Waals surface area contributed by atoms with Crippen molar-refractivity contribution >= 4 is 11.6 Å². The van der Waals surface area contributed by atoms with Crippen LogP contribution in [0.1, 0.15) is 18.9 Å². The van der Waals surface area contributed by atoms with Crippen LogP contribution >= 0.6 is 0 Å². The first-order chi connectivity index (χ1) is 11.7. The van der Waals surface area contributed by atoms with Gasteiger partial charge >= 0.3 is 0 Å². The van der Waals surface area contributed by atoms with Crippen LogP contribution in [-0.2, 0) is 9.53 Å². The third kappa shape index (κ3) is 4.26. The van der Waals surface area contributed by atoms with E-state index in [9.17, 15) is 4.79 Å². The Balaban J connectivity index is 1.50. The van der Waals surface area contributed by atoms with E-state index < -0.39 is 0 Å². The lowest BCUT2D eigenvalue weighted by atomic mass is 10.1. The van der Waals surface area contributed by atoms with Gasteiger partial charge in [0.2, 0.25) is 0 Å². The molecule has 0 radical (unpaired) electrons. The van der Waals surface area contributed by atoms with Crippen LogP contribution in [0.25, 0.3) is 0 Å². The van der Waals surface area contributed by atoms with E-state index in [-0.39, 0.29) is 12.5 Å². The minimum atomic E-state index is -0.232. The molecule has 0 unspecified atom stereocenters. The zero-order valence-corrected chi connectivity index (χ0v) is 13.6. The molecule has 1 aromatic carbocycles. The topological polar surface area (TPSA) is 74.6 Å². The van der Waals surface area contributed by atoms with Crippen molar-refractivity contribution < 1.29 is 19.0 Å². The number of nitrogens with zero attached hydrogens (tertiary/aromatic N) is 2. The largest absolute Gasteiger partial charge is 0.497 e. The summed E-state index contributed by atoms with van der Waals surface area (Å²) in [5, 5.41) is 7.11. The van der Waals surface area contributed by atoms with Crippen molar-refractivity contribution in [2.45, 2.75) is 18.9 Å². The number of hydrogen-bond donors (Lipinski definition) is 1. The SMILES string of the molecule is COc1cccc(OCC(=O)Nc2cnn(C3CCOCC3)c2)c1. The van der Waals surface area contributed by atoms with Gasteiger partial charge < -0.3 is 19.5 Å². The maximum absolute atomic E-state index is 12.0. The summed E-state index contributed by atoms with van der Waals surface area (Å²) in [6.07, 6.45) is 5.38. The Kier molecular flexibility index (Phi) is 5.32. The summed E-state index contributed by atoms with van der Waals surface area (Å²) in [4.78, 5) is 12.0. The average Bonchev–Trinajstić information content (AvgIpc) is 3.09. The van der Waals surface area contributed by atoms with Crippen molar-refractivity contribution in [1.82, 2.24) is 9.78 Å². The van der Waals surface area contributed by atoms with E-state index in [1.54, 1.807) is 25.4 Å². The zero-order valence-electron chi connectivity index (χ0n) is 13.6. The first-order valence-corrected chi connectivity index (χ1v) is 7.93. The summed E-state index contributed by atoms with van der Waals surface area (Å²) < 4.78 is 17.8. The smallest absolute Gasteiger partial charge is 0.262 e. The van der Waals surface area contributed by atoms with Crippen LogP contribution in [0.4, 0.5) is 5.69 Å². The maximum Gasteiger partial charge on any atom is 0.262 e. The number of anilines is 1. The van der Waals surface area contributed by atoms with Gasteiger partial charge in [0.1, 0.15) is 11.5 Å². The molecule has 3 rings (SSSR count). The molecule has 2 heterocycles. The molecule has 0 saturated carbocycles. The molecule has 24 heavy (non-hydrogen) atoms. The summed E-state index contributed by atoms with van der Waals surface area (Å²) >= 11 is 0. The van der Waals surface area contributed by atoms with Gasteiger partial charge in [0, 0.05) is 25.5 Å². The van der Waals surface area contributed by atoms with E-state index in [0.29, 0.717) is 23.2 Å². The van der Waals surface area contributed by atoms with Gasteiger partial charge in [-0.2, -0.15) is 5.10 Å². The van der Waals surface area contributed by atoms with Crippen molar-refractivity contribution in [3.63, 3.8) is 0 Å². The van der Waals surface area contributed by atoms with E-state index >= 15 is 0 Å². The van der Waals surface area contributed by atoms with Gasteiger partial charge in [-0.05, 0) is 25.0 Å². The fourth-order valence-corrected chi connectivity index (χ4v) is 2.59. The van der Waals surface area contributed by atoms with Gasteiger partial charge in [-0.1, -0.05) is 6.07 Å². The monoisotopic (exact) mass is 331 g/mol. The van der Waals surface area contributed by atoms with Gasteiger partial charge in [0.05, 0.1) is 25.0 Å². The quantitative estimate of drug-likeness (QED) is 0.879. The highest BCUT2D eigenvalue weighted by Gasteiger charge is 2.17. The Hall–Kier alpha value is -2.54. The normalized spacial score (nSPS) is 15.0. The van der Waals surface area contributed by atoms with E-state index in [2.05, 4.69) is 10.4 Å². The lowest BCUT2D eigenvalue weighted by molar-refractivity contribution is -0.118. The molecule has 0 bridgehead atoms. The molecule has 1 N–H and O–H groups in total. The number of aromatic nitrogens is 2. The minimum absolute atomic E-state index is 0.0738. The highest BCUT2D eigenvalue weighted by molar-refractivity contribution is 5.91. The van der Waals surface area contributed by atoms with Crippen molar-refractivity contribution in [3.8, 4) is 11.5 Å². The standard InChI is InChI=1S/C17H21N3O4/c1-22-15-3-2-4-16(9-15)24-12-17(21)19-13-10-18-20(11-13)14-5-7-23-8-6-14/h2-4,9-11,14H,5-8,12H2,1H3,(H,19,21). The number of carbonyl (C=O) groups is 1. The van der Waals surface area contributed by atoms with Crippen LogP contribution in [0, 0.1) is 0 Å². The van der Waals surface area contributed by atoms with Crippen molar-refractivity contribution in [2.75, 3.05) is 32.2 Å². The number of methoxy groups -OCH3 is 1. The van der Waals surface area contributed by atoms with Gasteiger partial charge in [-0.15, -0.1) is 0 Å². The predicted octanol–water partition coefficient (Wildman–Crippen LogP) is 2.26. The van der Waals surface area contributed by atoms with E-state index in [1.165, 1.54) is 0 Å². The highest BCUT2D eigenvalue weighted by atomic mass is 16.5. The Labute approximate surface area is 140 Å². The number of nitrogens with one attached hydrogen (secondary N) is 1. The number of carbonyl (C=O) groups excluding carboxylic acids is 1. The molecule has 1 aliphatic heterocycles. The van der Waals surface area contributed by atoms with E-state index in [1.807, 2.05) is 23.0 Å². The number of hydrogen-bond acceptors (Lipinski definition) is 5. The fraction of sp³-hybridized carbons (Fsp3) is 0.412. The van der Waals surface area contributed by atoms with Crippen molar-refractivity contribution in [1.29, 1.82) is 0 Å². The highest BCUT2D eigenvalue weighted by Crippen LogP contribution is 2.21. The first-order valence-electron chi connectivity index (χ1n) is 7.93. The summed E-state index contributed by atoms with van der Waals surface area (Å²) in [6, 6.07) is 7.47. The summed E-state index contributed by atoms with van der Waals surface area (Å²) in [7, 11) is 1.59. The number of rotatable bonds is 6. The lowest BCUT2D eigenvalue weighted by Gasteiger charge is -2.22. The molecule has 1 aromatic heterocycles. The molecule has 7 nitrogen and oxygen atoms in total. The van der Waals surface area contributed by atoms with E-state index in [0.717, 1.165) is 26.1 Å². The molecule has 2 aromatic rings. The molecule has 1 fully saturated rings. The molecular weight excluding hydrogens is 310 g/mol. The van der Waals surface area contributed by atoms with Gasteiger partial charge in [0.25, 0.3) is 5.91 Å². The number of amides is 1. The Bertz CT molecular complexity index is 680. The number of ether oxygens (including phenoxy) is 3. The molecular formula is C17H21N3O4. The Morgan fingerprint density at radius 1 is 1.38 bits per heavy atom. The maximum atomic E-state index is 12.0. The second-order valence-electron chi connectivity index (χ2n) is 5.57. The second-order valence-corrected chi connectivity index (χ2v) is 5.57. The lowest BCUT2D eigenvalue weighted by Crippen LogP contribution is -2.21. The van der Waals surface area contributed by atoms with Crippen molar-refractivity contribution in [3.05, 3.63) is 36.7 Å². The molecule has 0 spiro atoms. The second kappa shape index (κ2) is 7.83.